The van der Waals surface area contributed by atoms with E-state index in [0.717, 1.165) is 23.0 Å². The lowest BCUT2D eigenvalue weighted by Crippen LogP contribution is -2.44. The molecule has 0 bridgehead atoms. The summed E-state index contributed by atoms with van der Waals surface area (Å²) in [5, 5.41) is 3.47. The van der Waals surface area contributed by atoms with Crippen LogP contribution in [-0.4, -0.2) is 30.6 Å². The molecule has 4 nitrogen and oxygen atoms in total. The van der Waals surface area contributed by atoms with Gasteiger partial charge < -0.3 is 10.1 Å². The summed E-state index contributed by atoms with van der Waals surface area (Å²) in [6.45, 7) is 3.07. The molecular weight excluding hydrogens is 432 g/mol. The van der Waals surface area contributed by atoms with Gasteiger partial charge in [-0.1, -0.05) is 12.1 Å². The molecule has 164 valence electrons. The number of hydrogen-bond acceptors (Lipinski definition) is 4. The molecule has 1 aliphatic rings. The standard InChI is InChI=1S/C22H20F4N2O2S/c1-13-16-6-7-17(22(24,25)26)28-20(16)31-18(13)19(29)27-12-21(8-10-30-11-9-21)14-2-4-15(23)5-3-14/h2-7H,8-12H2,1H3,(H,27,29). The molecule has 3 aromatic rings. The maximum absolute atomic E-state index is 13.4. The minimum Gasteiger partial charge on any atom is -0.381 e. The number of benzene rings is 1. The fourth-order valence-electron chi connectivity index (χ4n) is 3.94. The van der Waals surface area contributed by atoms with Crippen LogP contribution in [0.15, 0.2) is 36.4 Å². The zero-order valence-electron chi connectivity index (χ0n) is 16.7. The Balaban J connectivity index is 1.58. The second-order valence-electron chi connectivity index (χ2n) is 7.69. The Morgan fingerprint density at radius 2 is 1.84 bits per heavy atom. The largest absolute Gasteiger partial charge is 0.433 e. The Hall–Kier alpha value is -2.52. The van der Waals surface area contributed by atoms with Gasteiger partial charge in [0.05, 0.1) is 4.88 Å². The van der Waals surface area contributed by atoms with E-state index in [1.54, 1.807) is 19.1 Å². The van der Waals surface area contributed by atoms with E-state index in [-0.39, 0.29) is 16.6 Å². The molecule has 1 N–H and O–H groups in total. The van der Waals surface area contributed by atoms with Gasteiger partial charge in [-0.25, -0.2) is 9.37 Å². The molecular formula is C22H20F4N2O2S. The van der Waals surface area contributed by atoms with Crippen molar-refractivity contribution in [3.05, 3.63) is 63.9 Å². The number of nitrogens with one attached hydrogen (secondary N) is 1. The van der Waals surface area contributed by atoms with E-state index in [1.807, 2.05) is 0 Å². The summed E-state index contributed by atoms with van der Waals surface area (Å²) in [5.74, 6) is -0.691. The maximum Gasteiger partial charge on any atom is 0.433 e. The van der Waals surface area contributed by atoms with Gasteiger partial charge in [0.25, 0.3) is 5.91 Å². The number of thiophene rings is 1. The van der Waals surface area contributed by atoms with Crippen LogP contribution in [0.3, 0.4) is 0 Å². The van der Waals surface area contributed by atoms with Crippen molar-refractivity contribution in [3.63, 3.8) is 0 Å². The first-order valence-electron chi connectivity index (χ1n) is 9.79. The van der Waals surface area contributed by atoms with Crippen LogP contribution in [0.25, 0.3) is 10.2 Å². The molecule has 31 heavy (non-hydrogen) atoms. The Bertz CT molecular complexity index is 1100. The van der Waals surface area contributed by atoms with E-state index >= 15 is 0 Å². The number of pyridine rings is 1. The van der Waals surface area contributed by atoms with Crippen molar-refractivity contribution in [3.8, 4) is 0 Å². The number of ether oxygens (including phenoxy) is 1. The Labute approximate surface area is 180 Å². The van der Waals surface area contributed by atoms with Crippen molar-refractivity contribution in [2.75, 3.05) is 19.8 Å². The van der Waals surface area contributed by atoms with E-state index in [2.05, 4.69) is 10.3 Å². The zero-order valence-corrected chi connectivity index (χ0v) is 17.5. The predicted octanol–water partition coefficient (Wildman–Crippen LogP) is 5.24. The van der Waals surface area contributed by atoms with Crippen molar-refractivity contribution < 1.29 is 27.1 Å². The molecule has 1 amide bonds. The van der Waals surface area contributed by atoms with Gasteiger partial charge in [-0.3, -0.25) is 4.79 Å². The van der Waals surface area contributed by atoms with Crippen molar-refractivity contribution >= 4 is 27.5 Å². The van der Waals surface area contributed by atoms with Crippen LogP contribution in [-0.2, 0) is 16.3 Å². The number of aromatic nitrogens is 1. The summed E-state index contributed by atoms with van der Waals surface area (Å²) >= 11 is 0.948. The number of hydrogen-bond donors (Lipinski definition) is 1. The van der Waals surface area contributed by atoms with Gasteiger partial charge >= 0.3 is 6.18 Å². The lowest BCUT2D eigenvalue weighted by molar-refractivity contribution is -0.140. The van der Waals surface area contributed by atoms with Crippen molar-refractivity contribution in [2.45, 2.75) is 31.4 Å². The second-order valence-corrected chi connectivity index (χ2v) is 8.68. The summed E-state index contributed by atoms with van der Waals surface area (Å²) in [7, 11) is 0. The van der Waals surface area contributed by atoms with E-state index in [4.69, 9.17) is 4.74 Å². The Morgan fingerprint density at radius 1 is 1.16 bits per heavy atom. The molecule has 1 aliphatic heterocycles. The third-order valence-corrected chi connectivity index (χ3v) is 6.99. The summed E-state index contributed by atoms with van der Waals surface area (Å²) in [4.78, 5) is 17.2. The average molecular weight is 452 g/mol. The molecule has 0 unspecified atom stereocenters. The minimum absolute atomic E-state index is 0.178. The van der Waals surface area contributed by atoms with Crippen LogP contribution in [0.1, 0.15) is 39.3 Å². The number of carbonyl (C=O) groups is 1. The quantitative estimate of drug-likeness (QED) is 0.551. The third kappa shape index (κ3) is 4.29. The van der Waals surface area contributed by atoms with Gasteiger partial charge in [-0.15, -0.1) is 11.3 Å². The predicted molar refractivity (Wildman–Crippen MR) is 110 cm³/mol. The highest BCUT2D eigenvalue weighted by molar-refractivity contribution is 7.20. The number of amides is 1. The zero-order chi connectivity index (χ0) is 22.2. The van der Waals surface area contributed by atoms with Crippen LogP contribution >= 0.6 is 11.3 Å². The normalized spacial score (nSPS) is 16.4. The van der Waals surface area contributed by atoms with Gasteiger partial charge in [0, 0.05) is 30.6 Å². The van der Waals surface area contributed by atoms with Gasteiger partial charge in [-0.2, -0.15) is 13.2 Å². The van der Waals surface area contributed by atoms with Gasteiger partial charge in [-0.05, 0) is 55.2 Å². The van der Waals surface area contributed by atoms with Crippen molar-refractivity contribution in [2.24, 2.45) is 0 Å². The fourth-order valence-corrected chi connectivity index (χ4v) is 5.03. The maximum atomic E-state index is 13.4. The van der Waals surface area contributed by atoms with Gasteiger partial charge in [0.2, 0.25) is 0 Å². The molecule has 0 atom stereocenters. The first-order chi connectivity index (χ1) is 14.7. The smallest absolute Gasteiger partial charge is 0.381 e. The molecule has 9 heteroatoms. The summed E-state index contributed by atoms with van der Waals surface area (Å²) in [5.41, 5.74) is 0.141. The first kappa shape index (κ1) is 21.7. The van der Waals surface area contributed by atoms with Crippen LogP contribution in [0, 0.1) is 12.7 Å². The molecule has 1 saturated heterocycles. The third-order valence-electron chi connectivity index (χ3n) is 5.79. The van der Waals surface area contributed by atoms with Crippen LogP contribution < -0.4 is 5.32 Å². The molecule has 3 heterocycles. The van der Waals surface area contributed by atoms with Crippen LogP contribution in [0.4, 0.5) is 17.6 Å². The number of nitrogens with zero attached hydrogens (tertiary/aromatic N) is 1. The van der Waals surface area contributed by atoms with Crippen molar-refractivity contribution in [1.29, 1.82) is 0 Å². The van der Waals surface area contributed by atoms with Gasteiger partial charge in [0.15, 0.2) is 0 Å². The fraction of sp³-hybridized carbons (Fsp3) is 0.364. The van der Waals surface area contributed by atoms with E-state index < -0.39 is 17.3 Å². The lowest BCUT2D eigenvalue weighted by atomic mass is 9.74. The van der Waals surface area contributed by atoms with Crippen LogP contribution in [0.5, 0.6) is 0 Å². The summed E-state index contributed by atoms with van der Waals surface area (Å²) < 4.78 is 57.8. The Kier molecular flexibility index (Phi) is 5.74. The molecule has 0 spiro atoms. The topological polar surface area (TPSA) is 51.2 Å². The SMILES string of the molecule is Cc1c(C(=O)NCC2(c3ccc(F)cc3)CCOCC2)sc2nc(C(F)(F)F)ccc12. The second kappa shape index (κ2) is 8.20. The average Bonchev–Trinajstić information content (AvgIpc) is 3.08. The monoisotopic (exact) mass is 452 g/mol. The number of halogens is 4. The number of carbonyl (C=O) groups excluding carboxylic acids is 1. The minimum atomic E-state index is -4.54. The van der Waals surface area contributed by atoms with Crippen molar-refractivity contribution in [1.82, 2.24) is 10.3 Å². The van der Waals surface area contributed by atoms with E-state index in [1.165, 1.54) is 18.2 Å². The highest BCUT2D eigenvalue weighted by Gasteiger charge is 2.36. The van der Waals surface area contributed by atoms with E-state index in [0.29, 0.717) is 48.4 Å². The Morgan fingerprint density at radius 3 is 2.48 bits per heavy atom. The molecule has 4 rings (SSSR count). The molecule has 1 aromatic carbocycles. The highest BCUT2D eigenvalue weighted by Crippen LogP contribution is 2.36. The molecule has 1 fully saturated rings. The molecule has 0 radical (unpaired) electrons. The number of aryl methyl sites for hydroxylation is 1. The number of rotatable bonds is 4. The molecule has 2 aromatic heterocycles. The summed E-state index contributed by atoms with van der Waals surface area (Å²) in [6, 6.07) is 8.52. The number of alkyl halides is 3. The number of fused-ring (bicyclic) bond motifs is 1. The first-order valence-corrected chi connectivity index (χ1v) is 10.6. The van der Waals surface area contributed by atoms with Crippen LogP contribution in [0.2, 0.25) is 0 Å². The lowest BCUT2D eigenvalue weighted by Gasteiger charge is -2.38. The molecule has 0 saturated carbocycles. The highest BCUT2D eigenvalue weighted by atomic mass is 32.1. The summed E-state index contributed by atoms with van der Waals surface area (Å²) in [6.07, 6.45) is -3.21. The van der Waals surface area contributed by atoms with E-state index in [9.17, 15) is 22.4 Å². The van der Waals surface area contributed by atoms with Gasteiger partial charge in [0.1, 0.15) is 16.3 Å². The molecule has 0 aliphatic carbocycles.